The molecule has 6 nitrogen and oxygen atoms in total. The maximum Gasteiger partial charge on any atom is 0.495 e. The molecule has 8 heteroatoms. The first kappa shape index (κ1) is 26.2. The zero-order valence-corrected chi connectivity index (χ0v) is 18.7. The van der Waals surface area contributed by atoms with Crippen LogP contribution in [0.1, 0.15) is 96.8 Å². The highest BCUT2D eigenvalue weighted by molar-refractivity contribution is 6.63. The summed E-state index contributed by atoms with van der Waals surface area (Å²) in [5, 5.41) is 0. The van der Waals surface area contributed by atoms with Crippen molar-refractivity contribution in [1.82, 2.24) is 0 Å². The Morgan fingerprint density at radius 3 is 1.31 bits per heavy atom. The van der Waals surface area contributed by atoms with Crippen LogP contribution >= 0.6 is 0 Å². The standard InChI is InChI=1S/C18H42O6Si2/c1-2-3-4-5-6-7-8-9-10-11-12-13-14-15-16-24-26(22,23)18-17-25(19,20)21/h19-23H,2-18H2,1H3. The van der Waals surface area contributed by atoms with Crippen LogP contribution in [0.3, 0.4) is 0 Å². The molecule has 5 N–H and O–H groups in total. The molecule has 0 aliphatic rings. The van der Waals surface area contributed by atoms with Gasteiger partial charge in [0, 0.05) is 18.7 Å². The molecule has 0 heterocycles. The number of hydrogen-bond donors (Lipinski definition) is 5. The van der Waals surface area contributed by atoms with E-state index in [2.05, 4.69) is 6.92 Å². The number of unbranched alkanes of at least 4 members (excludes halogenated alkanes) is 13. The van der Waals surface area contributed by atoms with E-state index in [-0.39, 0.29) is 12.7 Å². The van der Waals surface area contributed by atoms with Crippen LogP contribution in [0.15, 0.2) is 0 Å². The quantitative estimate of drug-likeness (QED) is 0.165. The summed E-state index contributed by atoms with van der Waals surface area (Å²) in [4.78, 5) is 45.9. The fraction of sp³-hybridized carbons (Fsp3) is 1.00. The van der Waals surface area contributed by atoms with Crippen LogP contribution in [-0.2, 0) is 4.43 Å². The molecule has 0 aromatic heterocycles. The normalized spacial score (nSPS) is 12.7. The molecular weight excluding hydrogens is 368 g/mol. The number of hydrogen-bond acceptors (Lipinski definition) is 6. The molecule has 0 spiro atoms. The Hall–Kier alpha value is 0.194. The fourth-order valence-electron chi connectivity index (χ4n) is 2.93. The van der Waals surface area contributed by atoms with Crippen LogP contribution < -0.4 is 0 Å². The lowest BCUT2D eigenvalue weighted by Gasteiger charge is -2.19. The Balaban J connectivity index is 3.28. The molecule has 0 radical (unpaired) electrons. The summed E-state index contributed by atoms with van der Waals surface area (Å²) in [6.07, 6.45) is 17.6. The molecule has 0 rings (SSSR count). The van der Waals surface area contributed by atoms with E-state index >= 15 is 0 Å². The summed E-state index contributed by atoms with van der Waals surface area (Å²) >= 11 is 0. The second-order valence-electron chi connectivity index (χ2n) is 7.46. The summed E-state index contributed by atoms with van der Waals surface area (Å²) in [5.41, 5.74) is 0. The zero-order valence-electron chi connectivity index (χ0n) is 16.7. The molecule has 0 aromatic carbocycles. The third-order valence-corrected chi connectivity index (χ3v) is 7.61. The van der Waals surface area contributed by atoms with Gasteiger partial charge in [0.2, 0.25) is 0 Å². The van der Waals surface area contributed by atoms with Crippen molar-refractivity contribution in [1.29, 1.82) is 0 Å². The predicted molar refractivity (Wildman–Crippen MR) is 108 cm³/mol. The van der Waals surface area contributed by atoms with Crippen LogP contribution in [0.4, 0.5) is 0 Å². The predicted octanol–water partition coefficient (Wildman–Crippen LogP) is 3.32. The topological polar surface area (TPSA) is 110 Å². The fourth-order valence-corrected chi connectivity index (χ4v) is 6.19. The average Bonchev–Trinajstić information content (AvgIpc) is 2.56. The molecule has 26 heavy (non-hydrogen) atoms. The maximum atomic E-state index is 9.64. The molecular formula is C18H42O6Si2. The van der Waals surface area contributed by atoms with Gasteiger partial charge in [-0.15, -0.1) is 0 Å². The van der Waals surface area contributed by atoms with Gasteiger partial charge in [0.05, 0.1) is 0 Å². The van der Waals surface area contributed by atoms with Gasteiger partial charge in [0.15, 0.2) is 0 Å². The minimum Gasteiger partial charge on any atom is -0.390 e. The smallest absolute Gasteiger partial charge is 0.390 e. The van der Waals surface area contributed by atoms with Gasteiger partial charge >= 0.3 is 17.6 Å². The molecule has 0 bridgehead atoms. The van der Waals surface area contributed by atoms with E-state index in [4.69, 9.17) is 18.8 Å². The summed E-state index contributed by atoms with van der Waals surface area (Å²) in [7, 11) is -8.09. The molecule has 0 aromatic rings. The molecule has 0 atom stereocenters. The molecule has 158 valence electrons. The van der Waals surface area contributed by atoms with Crippen molar-refractivity contribution < 1.29 is 28.4 Å². The minimum atomic E-state index is -4.22. The Kier molecular flexibility index (Phi) is 16.3. The lowest BCUT2D eigenvalue weighted by Crippen LogP contribution is -2.43. The monoisotopic (exact) mass is 410 g/mol. The van der Waals surface area contributed by atoms with Gasteiger partial charge in [0.25, 0.3) is 0 Å². The molecule has 0 saturated carbocycles. The third-order valence-electron chi connectivity index (χ3n) is 4.62. The van der Waals surface area contributed by atoms with E-state index in [1.54, 1.807) is 0 Å². The van der Waals surface area contributed by atoms with Crippen LogP contribution in [0.5, 0.6) is 0 Å². The molecule has 0 saturated heterocycles. The summed E-state index contributed by atoms with van der Waals surface area (Å²) in [5.74, 6) is 0. The molecule has 0 aliphatic carbocycles. The van der Waals surface area contributed by atoms with E-state index in [0.29, 0.717) is 0 Å². The van der Waals surface area contributed by atoms with E-state index < -0.39 is 23.7 Å². The first-order valence-corrected chi connectivity index (χ1v) is 14.6. The van der Waals surface area contributed by atoms with Gasteiger partial charge in [-0.2, -0.15) is 0 Å². The van der Waals surface area contributed by atoms with E-state index in [1.807, 2.05) is 0 Å². The van der Waals surface area contributed by atoms with Crippen LogP contribution in [-0.4, -0.2) is 48.2 Å². The van der Waals surface area contributed by atoms with E-state index in [9.17, 15) is 9.59 Å². The highest BCUT2D eigenvalue weighted by Crippen LogP contribution is 2.15. The van der Waals surface area contributed by atoms with Gasteiger partial charge in [-0.05, 0) is 6.42 Å². The number of rotatable bonds is 19. The van der Waals surface area contributed by atoms with Gasteiger partial charge in [-0.1, -0.05) is 90.4 Å². The van der Waals surface area contributed by atoms with Crippen molar-refractivity contribution in [3.63, 3.8) is 0 Å². The van der Waals surface area contributed by atoms with Crippen molar-refractivity contribution in [3.05, 3.63) is 0 Å². The molecule has 0 aliphatic heterocycles. The first-order chi connectivity index (χ1) is 12.3. The second kappa shape index (κ2) is 16.2. The lowest BCUT2D eigenvalue weighted by molar-refractivity contribution is 0.142. The van der Waals surface area contributed by atoms with Crippen molar-refractivity contribution >= 4 is 17.6 Å². The molecule has 0 amide bonds. The first-order valence-electron chi connectivity index (χ1n) is 10.5. The highest BCUT2D eigenvalue weighted by Gasteiger charge is 2.38. The lowest BCUT2D eigenvalue weighted by atomic mass is 10.0. The zero-order chi connectivity index (χ0) is 19.7. The molecule has 0 unspecified atom stereocenters. The summed E-state index contributed by atoms with van der Waals surface area (Å²) in [6.45, 7) is 2.52. The Morgan fingerprint density at radius 2 is 0.923 bits per heavy atom. The largest absolute Gasteiger partial charge is 0.495 e. The Morgan fingerprint density at radius 1 is 0.538 bits per heavy atom. The molecule has 0 fully saturated rings. The van der Waals surface area contributed by atoms with Gasteiger partial charge in [0.1, 0.15) is 0 Å². The third kappa shape index (κ3) is 20.5. The van der Waals surface area contributed by atoms with Crippen molar-refractivity contribution in [2.45, 2.75) is 109 Å². The summed E-state index contributed by atoms with van der Waals surface area (Å²) < 4.78 is 5.07. The van der Waals surface area contributed by atoms with Crippen molar-refractivity contribution in [2.75, 3.05) is 6.61 Å². The Labute approximate surface area is 162 Å². The highest BCUT2D eigenvalue weighted by atomic mass is 28.4. The van der Waals surface area contributed by atoms with Crippen molar-refractivity contribution in [2.24, 2.45) is 0 Å². The average molecular weight is 411 g/mol. The van der Waals surface area contributed by atoms with Gasteiger partial charge in [-0.25, -0.2) is 0 Å². The van der Waals surface area contributed by atoms with Gasteiger partial charge < -0.3 is 28.4 Å². The van der Waals surface area contributed by atoms with Crippen LogP contribution in [0.2, 0.25) is 12.1 Å². The van der Waals surface area contributed by atoms with Crippen LogP contribution in [0, 0.1) is 0 Å². The second-order valence-corrected chi connectivity index (χ2v) is 11.8. The van der Waals surface area contributed by atoms with Crippen LogP contribution in [0.25, 0.3) is 0 Å². The minimum absolute atomic E-state index is 0.272. The van der Waals surface area contributed by atoms with E-state index in [0.717, 1.165) is 19.3 Å². The Bertz CT molecular complexity index is 311. The van der Waals surface area contributed by atoms with Gasteiger partial charge in [-0.3, -0.25) is 0 Å². The van der Waals surface area contributed by atoms with E-state index in [1.165, 1.54) is 70.6 Å². The van der Waals surface area contributed by atoms with Crippen molar-refractivity contribution in [3.8, 4) is 0 Å². The maximum absolute atomic E-state index is 9.64. The summed E-state index contributed by atoms with van der Waals surface area (Å²) in [6, 6.07) is -0.674. The SMILES string of the molecule is CCCCCCCCCCCCCCCCO[Si](O)(O)CC[Si](O)(O)O.